The van der Waals surface area contributed by atoms with E-state index in [2.05, 4.69) is 24.4 Å². The van der Waals surface area contributed by atoms with Crippen molar-refractivity contribution in [3.8, 4) is 0 Å². The number of hydrogen-bond acceptors (Lipinski definition) is 3. The molecule has 0 aliphatic rings. The Bertz CT molecular complexity index is 634. The van der Waals surface area contributed by atoms with Crippen LogP contribution in [-0.2, 0) is 4.79 Å². The summed E-state index contributed by atoms with van der Waals surface area (Å²) in [4.78, 5) is 12.3. The van der Waals surface area contributed by atoms with Gasteiger partial charge in [-0.1, -0.05) is 37.3 Å². The van der Waals surface area contributed by atoms with Gasteiger partial charge in [0.25, 0.3) is 5.03 Å². The Morgan fingerprint density at radius 1 is 1.22 bits per heavy atom. The standard InChI is InChI=1S/C18H22N2O2S/c1-3-15(16-9-5-4-6-10-16)13-19-18(21)14(2)23-17-11-7-8-12-20(17)22/h4-12,14-15H,3,13H2,1-2H3,(H,19,21)/t14-,15+/m1/s1. The minimum atomic E-state index is -0.314. The lowest BCUT2D eigenvalue weighted by atomic mass is 9.96. The molecule has 2 rings (SSSR count). The van der Waals surface area contributed by atoms with Gasteiger partial charge in [0.1, 0.15) is 0 Å². The first-order valence-corrected chi connectivity index (χ1v) is 8.67. The summed E-state index contributed by atoms with van der Waals surface area (Å²) in [5.74, 6) is 0.256. The van der Waals surface area contributed by atoms with Crippen LogP contribution in [0.15, 0.2) is 59.8 Å². The van der Waals surface area contributed by atoms with E-state index < -0.39 is 0 Å². The number of carbonyl (C=O) groups is 1. The van der Waals surface area contributed by atoms with E-state index in [4.69, 9.17) is 0 Å². The molecule has 1 aromatic heterocycles. The largest absolute Gasteiger partial charge is 0.618 e. The van der Waals surface area contributed by atoms with E-state index in [-0.39, 0.29) is 11.2 Å². The van der Waals surface area contributed by atoms with Crippen molar-refractivity contribution in [3.05, 3.63) is 65.5 Å². The Morgan fingerprint density at radius 3 is 2.57 bits per heavy atom. The zero-order chi connectivity index (χ0) is 16.7. The average Bonchev–Trinajstić information content (AvgIpc) is 2.58. The van der Waals surface area contributed by atoms with Crippen molar-refractivity contribution in [2.75, 3.05) is 6.54 Å². The van der Waals surface area contributed by atoms with Crippen LogP contribution >= 0.6 is 11.8 Å². The number of carbonyl (C=O) groups excluding carboxylic acids is 1. The zero-order valence-electron chi connectivity index (χ0n) is 13.4. The van der Waals surface area contributed by atoms with Gasteiger partial charge in [0.05, 0.1) is 5.25 Å². The van der Waals surface area contributed by atoms with E-state index in [1.54, 1.807) is 18.2 Å². The number of pyridine rings is 1. The number of aromatic nitrogens is 1. The van der Waals surface area contributed by atoms with Crippen LogP contribution in [0.5, 0.6) is 0 Å². The summed E-state index contributed by atoms with van der Waals surface area (Å²) in [5, 5.41) is 14.9. The van der Waals surface area contributed by atoms with Gasteiger partial charge in [0.15, 0.2) is 6.20 Å². The fraction of sp³-hybridized carbons (Fsp3) is 0.333. The molecule has 2 atom stereocenters. The maximum atomic E-state index is 12.3. The number of amides is 1. The first kappa shape index (κ1) is 17.3. The lowest BCUT2D eigenvalue weighted by Crippen LogP contribution is -2.35. The molecular formula is C18H22N2O2S. The SMILES string of the molecule is CC[C@@H](CNC(=O)[C@@H](C)Sc1cccc[n+]1[O-])c1ccccc1. The van der Waals surface area contributed by atoms with Crippen LogP contribution in [0.1, 0.15) is 31.7 Å². The Kier molecular flexibility index (Phi) is 6.47. The molecule has 1 aromatic carbocycles. The highest BCUT2D eigenvalue weighted by Crippen LogP contribution is 2.21. The van der Waals surface area contributed by atoms with Crippen LogP contribution in [0.2, 0.25) is 0 Å². The van der Waals surface area contributed by atoms with Crippen LogP contribution in [-0.4, -0.2) is 17.7 Å². The molecule has 1 heterocycles. The molecule has 2 aromatic rings. The van der Waals surface area contributed by atoms with Crippen LogP contribution in [0.4, 0.5) is 0 Å². The summed E-state index contributed by atoms with van der Waals surface area (Å²) in [7, 11) is 0. The van der Waals surface area contributed by atoms with E-state index >= 15 is 0 Å². The fourth-order valence-corrected chi connectivity index (χ4v) is 3.20. The van der Waals surface area contributed by atoms with E-state index in [1.807, 2.05) is 25.1 Å². The number of rotatable bonds is 7. The van der Waals surface area contributed by atoms with Gasteiger partial charge < -0.3 is 10.5 Å². The topological polar surface area (TPSA) is 56.0 Å². The molecule has 1 N–H and O–H groups in total. The second kappa shape index (κ2) is 8.58. The Morgan fingerprint density at radius 2 is 1.91 bits per heavy atom. The summed E-state index contributed by atoms with van der Waals surface area (Å²) < 4.78 is 0.785. The van der Waals surface area contributed by atoms with Crippen molar-refractivity contribution in [3.63, 3.8) is 0 Å². The van der Waals surface area contributed by atoms with Crippen molar-refractivity contribution in [2.24, 2.45) is 0 Å². The van der Waals surface area contributed by atoms with Crippen LogP contribution in [0.25, 0.3) is 0 Å². The van der Waals surface area contributed by atoms with E-state index in [9.17, 15) is 10.0 Å². The maximum Gasteiger partial charge on any atom is 0.252 e. The molecule has 1 amide bonds. The van der Waals surface area contributed by atoms with Crippen LogP contribution < -0.4 is 10.0 Å². The van der Waals surface area contributed by atoms with Crippen molar-refractivity contribution in [1.29, 1.82) is 0 Å². The third kappa shape index (κ3) is 4.99. The lowest BCUT2D eigenvalue weighted by Gasteiger charge is -2.18. The van der Waals surface area contributed by atoms with E-state index in [0.29, 0.717) is 17.5 Å². The van der Waals surface area contributed by atoms with Gasteiger partial charge in [0, 0.05) is 24.6 Å². The van der Waals surface area contributed by atoms with Gasteiger partial charge in [-0.2, -0.15) is 4.73 Å². The molecule has 0 bridgehead atoms. The number of thioether (sulfide) groups is 1. The fourth-order valence-electron chi connectivity index (χ4n) is 2.33. The third-order valence-corrected chi connectivity index (χ3v) is 4.87. The van der Waals surface area contributed by atoms with Crippen molar-refractivity contribution in [1.82, 2.24) is 5.32 Å². The molecule has 4 nitrogen and oxygen atoms in total. The molecule has 5 heteroatoms. The van der Waals surface area contributed by atoms with Crippen molar-refractivity contribution < 1.29 is 9.52 Å². The highest BCUT2D eigenvalue weighted by molar-refractivity contribution is 8.00. The molecular weight excluding hydrogens is 308 g/mol. The predicted molar refractivity (Wildman–Crippen MR) is 93.2 cm³/mol. The zero-order valence-corrected chi connectivity index (χ0v) is 14.3. The molecule has 0 radical (unpaired) electrons. The Labute approximate surface area is 141 Å². The van der Waals surface area contributed by atoms with Crippen LogP contribution in [0.3, 0.4) is 0 Å². The first-order valence-electron chi connectivity index (χ1n) is 7.79. The second-order valence-electron chi connectivity index (χ2n) is 5.39. The number of nitrogens with zero attached hydrogens (tertiary/aromatic N) is 1. The molecule has 0 saturated carbocycles. The lowest BCUT2D eigenvalue weighted by molar-refractivity contribution is -0.645. The summed E-state index contributed by atoms with van der Waals surface area (Å²) in [5.41, 5.74) is 1.23. The molecule has 23 heavy (non-hydrogen) atoms. The van der Waals surface area contributed by atoms with Gasteiger partial charge in [-0.3, -0.25) is 4.79 Å². The van der Waals surface area contributed by atoms with Gasteiger partial charge in [-0.15, -0.1) is 0 Å². The average molecular weight is 330 g/mol. The van der Waals surface area contributed by atoms with Crippen molar-refractivity contribution in [2.45, 2.75) is 36.5 Å². The number of hydrogen-bond donors (Lipinski definition) is 1. The van der Waals surface area contributed by atoms with Gasteiger partial charge in [0.2, 0.25) is 5.91 Å². The summed E-state index contributed by atoms with van der Waals surface area (Å²) >= 11 is 1.27. The highest BCUT2D eigenvalue weighted by atomic mass is 32.2. The van der Waals surface area contributed by atoms with Crippen molar-refractivity contribution >= 4 is 17.7 Å². The third-order valence-electron chi connectivity index (χ3n) is 3.74. The molecule has 0 saturated heterocycles. The van der Waals surface area contributed by atoms with Gasteiger partial charge in [-0.05, 0) is 36.7 Å². The smallest absolute Gasteiger partial charge is 0.252 e. The molecule has 0 fully saturated rings. The highest BCUT2D eigenvalue weighted by Gasteiger charge is 2.19. The Hall–Kier alpha value is -2.01. The van der Waals surface area contributed by atoms with Gasteiger partial charge in [-0.25, -0.2) is 0 Å². The minimum Gasteiger partial charge on any atom is -0.618 e. The molecule has 122 valence electrons. The van der Waals surface area contributed by atoms with E-state index in [1.165, 1.54) is 23.5 Å². The minimum absolute atomic E-state index is 0.0479. The molecule has 0 aliphatic heterocycles. The normalized spacial score (nSPS) is 13.3. The quantitative estimate of drug-likeness (QED) is 0.482. The van der Waals surface area contributed by atoms with E-state index in [0.717, 1.165) is 11.2 Å². The van der Waals surface area contributed by atoms with Gasteiger partial charge >= 0.3 is 0 Å². The molecule has 0 spiro atoms. The number of benzene rings is 1. The summed E-state index contributed by atoms with van der Waals surface area (Å²) in [6.45, 7) is 4.54. The monoisotopic (exact) mass is 330 g/mol. The summed E-state index contributed by atoms with van der Waals surface area (Å²) in [6.07, 6.45) is 2.40. The predicted octanol–water partition coefficient (Wildman–Crippen LogP) is 3.11. The first-order chi connectivity index (χ1) is 11.1. The number of nitrogens with one attached hydrogen (secondary N) is 1. The molecule has 0 aliphatic carbocycles. The summed E-state index contributed by atoms with van der Waals surface area (Å²) in [6, 6.07) is 15.4. The molecule has 0 unspecified atom stereocenters. The van der Waals surface area contributed by atoms with Crippen LogP contribution in [0, 0.1) is 5.21 Å². The maximum absolute atomic E-state index is 12.3. The Balaban J connectivity index is 1.89. The second-order valence-corrected chi connectivity index (χ2v) is 6.75.